The van der Waals surface area contributed by atoms with E-state index >= 15 is 0 Å². The first kappa shape index (κ1) is 21.1. The maximum absolute atomic E-state index is 12.4. The Morgan fingerprint density at radius 3 is 2.52 bits per heavy atom. The van der Waals surface area contributed by atoms with Crippen molar-refractivity contribution in [2.75, 3.05) is 46.5 Å². The zero-order valence-electron chi connectivity index (χ0n) is 17.2. The molecule has 1 aliphatic heterocycles. The molecule has 6 heteroatoms. The molecule has 0 aliphatic carbocycles. The lowest BCUT2D eigenvalue weighted by atomic mass is 10.1. The number of hydrogen-bond donors (Lipinski definition) is 1. The molecule has 1 fully saturated rings. The van der Waals surface area contributed by atoms with Crippen molar-refractivity contribution in [1.82, 2.24) is 15.1 Å². The molecule has 1 saturated heterocycles. The highest BCUT2D eigenvalue weighted by atomic mass is 16.5. The molecule has 2 aromatic carbocycles. The highest BCUT2D eigenvalue weighted by Gasteiger charge is 2.14. The third-order valence-electron chi connectivity index (χ3n) is 5.04. The van der Waals surface area contributed by atoms with Gasteiger partial charge in [-0.05, 0) is 29.7 Å². The lowest BCUT2D eigenvalue weighted by molar-refractivity contribution is 0.0341. The average Bonchev–Trinajstić information content (AvgIpc) is 2.77. The molecule has 156 valence electrons. The Bertz CT molecular complexity index is 748. The smallest absolute Gasteiger partial charge is 0.317 e. The molecule has 29 heavy (non-hydrogen) atoms. The van der Waals surface area contributed by atoms with E-state index in [0.29, 0.717) is 19.7 Å². The number of carbonyl (C=O) groups is 1. The quantitative estimate of drug-likeness (QED) is 0.661. The zero-order valence-corrected chi connectivity index (χ0v) is 17.2. The maximum atomic E-state index is 12.4. The van der Waals surface area contributed by atoms with Crippen molar-refractivity contribution in [3.63, 3.8) is 0 Å². The van der Waals surface area contributed by atoms with Crippen molar-refractivity contribution < 1.29 is 14.3 Å². The Kier molecular flexibility index (Phi) is 8.34. The van der Waals surface area contributed by atoms with Gasteiger partial charge >= 0.3 is 6.03 Å². The molecule has 3 rings (SSSR count). The number of ether oxygens (including phenoxy) is 2. The summed E-state index contributed by atoms with van der Waals surface area (Å²) in [5.74, 6) is 0.858. The Labute approximate surface area is 173 Å². The second-order valence-electron chi connectivity index (χ2n) is 7.25. The molecule has 0 unspecified atom stereocenters. The number of nitrogens with zero attached hydrogens (tertiary/aromatic N) is 2. The summed E-state index contributed by atoms with van der Waals surface area (Å²) < 4.78 is 11.1. The summed E-state index contributed by atoms with van der Waals surface area (Å²) in [7, 11) is 1.82. The van der Waals surface area contributed by atoms with E-state index in [1.165, 1.54) is 5.56 Å². The van der Waals surface area contributed by atoms with Crippen molar-refractivity contribution in [3.8, 4) is 5.75 Å². The van der Waals surface area contributed by atoms with Crippen LogP contribution in [0.15, 0.2) is 54.6 Å². The number of nitrogens with one attached hydrogen (secondary N) is 1. The third kappa shape index (κ3) is 7.07. The lowest BCUT2D eigenvalue weighted by Crippen LogP contribution is -2.38. The van der Waals surface area contributed by atoms with Gasteiger partial charge in [0.1, 0.15) is 5.75 Å². The standard InChI is InChI=1S/C23H31N3O3/c1-25(12-7-15-29-22-10-3-2-4-11-22)23(27)24-18-20-8-5-6-9-21(20)19-26-13-16-28-17-14-26/h2-6,8-11H,7,12-19H2,1H3,(H,24,27). The fourth-order valence-electron chi connectivity index (χ4n) is 3.30. The summed E-state index contributed by atoms with van der Waals surface area (Å²) in [6, 6.07) is 18.0. The van der Waals surface area contributed by atoms with Crippen molar-refractivity contribution in [3.05, 3.63) is 65.7 Å². The SMILES string of the molecule is CN(CCCOc1ccccc1)C(=O)NCc1ccccc1CN1CCOCC1. The largest absolute Gasteiger partial charge is 0.494 e. The van der Waals surface area contributed by atoms with Gasteiger partial charge in [-0.25, -0.2) is 4.79 Å². The summed E-state index contributed by atoms with van der Waals surface area (Å²) in [6.45, 7) is 6.14. The van der Waals surface area contributed by atoms with Gasteiger partial charge in [0.2, 0.25) is 0 Å². The van der Waals surface area contributed by atoms with E-state index in [0.717, 1.165) is 50.6 Å². The van der Waals surface area contributed by atoms with Crippen molar-refractivity contribution in [2.45, 2.75) is 19.5 Å². The number of carbonyl (C=O) groups excluding carboxylic acids is 1. The van der Waals surface area contributed by atoms with E-state index in [1.54, 1.807) is 4.90 Å². The van der Waals surface area contributed by atoms with E-state index in [1.807, 2.05) is 43.4 Å². The predicted molar refractivity (Wildman–Crippen MR) is 114 cm³/mol. The molecule has 0 atom stereocenters. The van der Waals surface area contributed by atoms with Crippen LogP contribution in [0.4, 0.5) is 4.79 Å². The minimum Gasteiger partial charge on any atom is -0.494 e. The third-order valence-corrected chi connectivity index (χ3v) is 5.04. The predicted octanol–water partition coefficient (Wildman–Crippen LogP) is 3.13. The summed E-state index contributed by atoms with van der Waals surface area (Å²) in [4.78, 5) is 16.5. The second-order valence-corrected chi connectivity index (χ2v) is 7.25. The van der Waals surface area contributed by atoms with Crippen molar-refractivity contribution in [1.29, 1.82) is 0 Å². The minimum absolute atomic E-state index is 0.0640. The highest BCUT2D eigenvalue weighted by molar-refractivity contribution is 5.73. The molecular formula is C23H31N3O3. The van der Waals surface area contributed by atoms with Gasteiger partial charge in [0, 0.05) is 39.8 Å². The zero-order chi connectivity index (χ0) is 20.3. The molecule has 0 radical (unpaired) electrons. The van der Waals surface area contributed by atoms with Crippen LogP contribution in [-0.4, -0.2) is 62.3 Å². The summed E-state index contributed by atoms with van der Waals surface area (Å²) >= 11 is 0. The van der Waals surface area contributed by atoms with Gasteiger partial charge in [0.05, 0.1) is 19.8 Å². The van der Waals surface area contributed by atoms with E-state index in [-0.39, 0.29) is 6.03 Å². The van der Waals surface area contributed by atoms with E-state index in [4.69, 9.17) is 9.47 Å². The van der Waals surface area contributed by atoms with E-state index in [9.17, 15) is 4.79 Å². The van der Waals surface area contributed by atoms with Crippen LogP contribution in [0.2, 0.25) is 0 Å². The topological polar surface area (TPSA) is 54.0 Å². The molecule has 1 N–H and O–H groups in total. The molecule has 2 aromatic rings. The van der Waals surface area contributed by atoms with Gasteiger partial charge in [0.15, 0.2) is 0 Å². The van der Waals surface area contributed by atoms with Crippen molar-refractivity contribution in [2.24, 2.45) is 0 Å². The van der Waals surface area contributed by atoms with Gasteiger partial charge in [-0.3, -0.25) is 4.90 Å². The minimum atomic E-state index is -0.0640. The Morgan fingerprint density at radius 2 is 1.76 bits per heavy atom. The summed E-state index contributed by atoms with van der Waals surface area (Å²) in [5.41, 5.74) is 2.42. The number of amides is 2. The first-order valence-corrected chi connectivity index (χ1v) is 10.3. The van der Waals surface area contributed by atoms with Crippen LogP contribution >= 0.6 is 0 Å². The van der Waals surface area contributed by atoms with Crippen LogP contribution in [0.25, 0.3) is 0 Å². The number of urea groups is 1. The number of rotatable bonds is 9. The van der Waals surface area contributed by atoms with Crippen LogP contribution in [-0.2, 0) is 17.8 Å². The fourth-order valence-corrected chi connectivity index (χ4v) is 3.30. The molecule has 1 aliphatic rings. The molecule has 0 aromatic heterocycles. The van der Waals surface area contributed by atoms with Crippen LogP contribution in [0.3, 0.4) is 0 Å². The molecule has 2 amide bonds. The van der Waals surface area contributed by atoms with Crippen LogP contribution < -0.4 is 10.1 Å². The Morgan fingerprint density at radius 1 is 1.07 bits per heavy atom. The molecule has 1 heterocycles. The fraction of sp³-hybridized carbons (Fsp3) is 0.435. The number of benzene rings is 2. The number of morpholine rings is 1. The van der Waals surface area contributed by atoms with E-state index < -0.39 is 0 Å². The summed E-state index contributed by atoms with van der Waals surface area (Å²) in [6.07, 6.45) is 0.784. The molecule has 0 bridgehead atoms. The normalized spacial score (nSPS) is 14.4. The van der Waals surface area contributed by atoms with Gasteiger partial charge in [-0.1, -0.05) is 42.5 Å². The second kappa shape index (κ2) is 11.4. The maximum Gasteiger partial charge on any atom is 0.317 e. The van der Waals surface area contributed by atoms with Gasteiger partial charge in [-0.2, -0.15) is 0 Å². The first-order valence-electron chi connectivity index (χ1n) is 10.3. The monoisotopic (exact) mass is 397 g/mol. The van der Waals surface area contributed by atoms with Gasteiger partial charge in [-0.15, -0.1) is 0 Å². The van der Waals surface area contributed by atoms with Crippen LogP contribution in [0, 0.1) is 0 Å². The van der Waals surface area contributed by atoms with E-state index in [2.05, 4.69) is 28.4 Å². The first-order chi connectivity index (χ1) is 14.2. The molecule has 0 saturated carbocycles. The Balaban J connectivity index is 1.40. The van der Waals surface area contributed by atoms with Gasteiger partial charge in [0.25, 0.3) is 0 Å². The summed E-state index contributed by atoms with van der Waals surface area (Å²) in [5, 5.41) is 3.04. The molecular weight excluding hydrogens is 366 g/mol. The molecule has 0 spiro atoms. The number of hydrogen-bond acceptors (Lipinski definition) is 4. The Hall–Kier alpha value is -2.57. The van der Waals surface area contributed by atoms with Crippen LogP contribution in [0.1, 0.15) is 17.5 Å². The average molecular weight is 398 g/mol. The highest BCUT2D eigenvalue weighted by Crippen LogP contribution is 2.13. The van der Waals surface area contributed by atoms with Crippen LogP contribution in [0.5, 0.6) is 5.75 Å². The van der Waals surface area contributed by atoms with Gasteiger partial charge < -0.3 is 19.7 Å². The lowest BCUT2D eigenvalue weighted by Gasteiger charge is -2.27. The molecule has 6 nitrogen and oxygen atoms in total. The number of para-hydroxylation sites is 1. The van der Waals surface area contributed by atoms with Crippen molar-refractivity contribution >= 4 is 6.03 Å².